The predicted molar refractivity (Wildman–Crippen MR) is 65.5 cm³/mol. The van der Waals surface area contributed by atoms with E-state index in [0.29, 0.717) is 0 Å². The molecule has 1 aliphatic carbocycles. The lowest BCUT2D eigenvalue weighted by Gasteiger charge is -2.14. The minimum absolute atomic E-state index is 0.0144. The molecule has 1 fully saturated rings. The van der Waals surface area contributed by atoms with Crippen molar-refractivity contribution in [2.75, 3.05) is 11.0 Å². The third-order valence-corrected chi connectivity index (χ3v) is 2.94. The largest absolute Gasteiger partial charge is 0.488 e. The highest BCUT2D eigenvalue weighted by molar-refractivity contribution is 7.92. The van der Waals surface area contributed by atoms with Crippen LogP contribution < -0.4 is 9.46 Å². The Morgan fingerprint density at radius 2 is 2.11 bits per heavy atom. The Morgan fingerprint density at radius 1 is 1.44 bits per heavy atom. The van der Waals surface area contributed by atoms with Gasteiger partial charge in [0.1, 0.15) is 11.4 Å². The molecule has 1 saturated carbocycles. The maximum Gasteiger partial charge on any atom is 0.337 e. The average Bonchev–Trinajstić information content (AvgIpc) is 3.02. The number of hydrogen-bond donors (Lipinski definition) is 2. The van der Waals surface area contributed by atoms with Crippen LogP contribution in [-0.4, -0.2) is 31.9 Å². The monoisotopic (exact) mass is 271 g/mol. The molecule has 0 heterocycles. The van der Waals surface area contributed by atoms with E-state index in [-0.39, 0.29) is 23.1 Å². The molecule has 0 amide bonds. The molecule has 0 aromatic heterocycles. The van der Waals surface area contributed by atoms with Crippen molar-refractivity contribution in [1.82, 2.24) is 0 Å². The summed E-state index contributed by atoms with van der Waals surface area (Å²) in [6.45, 7) is 0. The molecule has 1 aliphatic rings. The van der Waals surface area contributed by atoms with Crippen LogP contribution in [0.3, 0.4) is 0 Å². The van der Waals surface area contributed by atoms with E-state index in [0.717, 1.165) is 19.1 Å². The second kappa shape index (κ2) is 4.49. The SMILES string of the molecule is CS(=O)(=O)Nc1c(OC2CC2)cccc1C(=O)O. The Morgan fingerprint density at radius 3 is 2.61 bits per heavy atom. The number of aromatic carboxylic acids is 1. The summed E-state index contributed by atoms with van der Waals surface area (Å²) in [6.07, 6.45) is 2.81. The summed E-state index contributed by atoms with van der Waals surface area (Å²) < 4.78 is 30.2. The van der Waals surface area contributed by atoms with E-state index >= 15 is 0 Å². The van der Waals surface area contributed by atoms with Crippen molar-refractivity contribution in [2.24, 2.45) is 0 Å². The fraction of sp³-hybridized carbons (Fsp3) is 0.364. The Labute approximate surface area is 105 Å². The molecule has 2 rings (SSSR count). The zero-order chi connectivity index (χ0) is 13.3. The van der Waals surface area contributed by atoms with Gasteiger partial charge in [0.15, 0.2) is 0 Å². The molecule has 18 heavy (non-hydrogen) atoms. The first-order chi connectivity index (χ1) is 8.37. The molecule has 98 valence electrons. The first-order valence-electron chi connectivity index (χ1n) is 5.37. The number of ether oxygens (including phenoxy) is 1. The number of para-hydroxylation sites is 1. The maximum atomic E-state index is 11.3. The van der Waals surface area contributed by atoms with Gasteiger partial charge >= 0.3 is 5.97 Å². The van der Waals surface area contributed by atoms with Crippen molar-refractivity contribution in [3.05, 3.63) is 23.8 Å². The molecule has 0 radical (unpaired) electrons. The normalized spacial score (nSPS) is 15.2. The molecule has 0 unspecified atom stereocenters. The second-order valence-corrected chi connectivity index (χ2v) is 5.92. The van der Waals surface area contributed by atoms with E-state index < -0.39 is 16.0 Å². The lowest BCUT2D eigenvalue weighted by molar-refractivity contribution is 0.0697. The number of carboxylic acid groups (broad SMARTS) is 1. The van der Waals surface area contributed by atoms with E-state index in [1.165, 1.54) is 12.1 Å². The van der Waals surface area contributed by atoms with Crippen molar-refractivity contribution >= 4 is 21.7 Å². The van der Waals surface area contributed by atoms with Gasteiger partial charge in [0.2, 0.25) is 10.0 Å². The van der Waals surface area contributed by atoms with E-state index in [4.69, 9.17) is 9.84 Å². The molecule has 0 bridgehead atoms. The summed E-state index contributed by atoms with van der Waals surface area (Å²) in [5.41, 5.74) is -0.141. The minimum atomic E-state index is -3.56. The molecule has 0 aliphatic heterocycles. The third kappa shape index (κ3) is 3.13. The van der Waals surface area contributed by atoms with Gasteiger partial charge in [0, 0.05) is 0 Å². The number of rotatable bonds is 5. The van der Waals surface area contributed by atoms with Gasteiger partial charge in [-0.05, 0) is 25.0 Å². The number of benzene rings is 1. The van der Waals surface area contributed by atoms with Crippen molar-refractivity contribution in [3.8, 4) is 5.75 Å². The highest BCUT2D eigenvalue weighted by atomic mass is 32.2. The van der Waals surface area contributed by atoms with Crippen molar-refractivity contribution in [3.63, 3.8) is 0 Å². The van der Waals surface area contributed by atoms with Crippen LogP contribution in [0.4, 0.5) is 5.69 Å². The van der Waals surface area contributed by atoms with Crippen LogP contribution >= 0.6 is 0 Å². The first-order valence-corrected chi connectivity index (χ1v) is 7.27. The number of carboxylic acids is 1. The van der Waals surface area contributed by atoms with Crippen LogP contribution in [0.25, 0.3) is 0 Å². The minimum Gasteiger partial charge on any atom is -0.488 e. The van der Waals surface area contributed by atoms with Crippen molar-refractivity contribution in [1.29, 1.82) is 0 Å². The Hall–Kier alpha value is -1.76. The average molecular weight is 271 g/mol. The zero-order valence-electron chi connectivity index (χ0n) is 9.71. The molecule has 1 aromatic carbocycles. The van der Waals surface area contributed by atoms with Gasteiger partial charge in [-0.25, -0.2) is 13.2 Å². The Balaban J connectivity index is 2.43. The van der Waals surface area contributed by atoms with Crippen molar-refractivity contribution < 1.29 is 23.1 Å². The van der Waals surface area contributed by atoms with E-state index in [1.807, 2.05) is 0 Å². The van der Waals surface area contributed by atoms with Gasteiger partial charge in [-0.2, -0.15) is 0 Å². The van der Waals surface area contributed by atoms with Crippen LogP contribution in [0, 0.1) is 0 Å². The summed E-state index contributed by atoms with van der Waals surface area (Å²) in [6, 6.07) is 4.41. The standard InChI is InChI=1S/C11H13NO5S/c1-18(15,16)12-10-8(11(13)14)3-2-4-9(10)17-7-5-6-7/h2-4,7,12H,5-6H2,1H3,(H,13,14). The van der Waals surface area contributed by atoms with Crippen LogP contribution in [0.5, 0.6) is 5.75 Å². The van der Waals surface area contributed by atoms with E-state index in [9.17, 15) is 13.2 Å². The number of carbonyl (C=O) groups is 1. The molecule has 7 heteroatoms. The van der Waals surface area contributed by atoms with Crippen molar-refractivity contribution in [2.45, 2.75) is 18.9 Å². The maximum absolute atomic E-state index is 11.3. The molecule has 2 N–H and O–H groups in total. The van der Waals surface area contributed by atoms with Gasteiger partial charge in [-0.15, -0.1) is 0 Å². The third-order valence-electron chi connectivity index (χ3n) is 2.36. The smallest absolute Gasteiger partial charge is 0.337 e. The number of nitrogens with one attached hydrogen (secondary N) is 1. The van der Waals surface area contributed by atoms with Crippen LogP contribution in [0.2, 0.25) is 0 Å². The first kappa shape index (κ1) is 12.7. The Bertz CT molecular complexity index is 577. The van der Waals surface area contributed by atoms with Crippen LogP contribution in [-0.2, 0) is 10.0 Å². The summed E-state index contributed by atoms with van der Waals surface area (Å²) in [5, 5.41) is 9.05. The lowest BCUT2D eigenvalue weighted by Crippen LogP contribution is -2.15. The van der Waals surface area contributed by atoms with Gasteiger partial charge in [-0.1, -0.05) is 6.07 Å². The predicted octanol–water partition coefficient (Wildman–Crippen LogP) is 1.30. The molecule has 0 atom stereocenters. The number of anilines is 1. The highest BCUT2D eigenvalue weighted by Crippen LogP contribution is 2.34. The highest BCUT2D eigenvalue weighted by Gasteiger charge is 2.26. The fourth-order valence-electron chi connectivity index (χ4n) is 1.46. The molecule has 6 nitrogen and oxygen atoms in total. The van der Waals surface area contributed by atoms with Gasteiger partial charge in [-0.3, -0.25) is 4.72 Å². The summed E-state index contributed by atoms with van der Waals surface area (Å²) >= 11 is 0. The summed E-state index contributed by atoms with van der Waals surface area (Å²) in [7, 11) is -3.56. The lowest BCUT2D eigenvalue weighted by atomic mass is 10.1. The molecular formula is C11H13NO5S. The second-order valence-electron chi connectivity index (χ2n) is 4.18. The van der Waals surface area contributed by atoms with Crippen LogP contribution in [0.15, 0.2) is 18.2 Å². The quantitative estimate of drug-likeness (QED) is 0.842. The van der Waals surface area contributed by atoms with Crippen LogP contribution in [0.1, 0.15) is 23.2 Å². The molecule has 0 spiro atoms. The fourth-order valence-corrected chi connectivity index (χ4v) is 2.05. The van der Waals surface area contributed by atoms with E-state index in [1.54, 1.807) is 6.07 Å². The topological polar surface area (TPSA) is 92.7 Å². The Kier molecular flexibility index (Phi) is 3.16. The van der Waals surface area contributed by atoms with Gasteiger partial charge in [0.05, 0.1) is 17.9 Å². The van der Waals surface area contributed by atoms with Gasteiger partial charge in [0.25, 0.3) is 0 Å². The van der Waals surface area contributed by atoms with Gasteiger partial charge < -0.3 is 9.84 Å². The molecule has 1 aromatic rings. The molecule has 0 saturated heterocycles. The summed E-state index contributed by atoms with van der Waals surface area (Å²) in [4.78, 5) is 11.1. The summed E-state index contributed by atoms with van der Waals surface area (Å²) in [5.74, 6) is -0.953. The zero-order valence-corrected chi connectivity index (χ0v) is 10.5. The number of sulfonamides is 1. The number of hydrogen-bond acceptors (Lipinski definition) is 4. The van der Waals surface area contributed by atoms with E-state index in [2.05, 4.69) is 4.72 Å². The molecular weight excluding hydrogens is 258 g/mol.